The van der Waals surface area contributed by atoms with E-state index < -0.39 is 46.4 Å². The number of nitrogens with zero attached hydrogens (tertiary/aromatic N) is 1. The Labute approximate surface area is 131 Å². The van der Waals surface area contributed by atoms with Gasteiger partial charge in [-0.3, -0.25) is 0 Å². The molecule has 23 heavy (non-hydrogen) atoms. The van der Waals surface area contributed by atoms with Crippen molar-refractivity contribution in [3.8, 4) is 0 Å². The number of esters is 1. The lowest BCUT2D eigenvalue weighted by molar-refractivity contribution is 0.0466. The van der Waals surface area contributed by atoms with Crippen LogP contribution in [0.3, 0.4) is 0 Å². The van der Waals surface area contributed by atoms with Crippen LogP contribution in [0, 0.1) is 5.92 Å². The van der Waals surface area contributed by atoms with Gasteiger partial charge in [0.25, 0.3) is 0 Å². The van der Waals surface area contributed by atoms with Crippen LogP contribution in [0.4, 0.5) is 0 Å². The molecule has 0 aliphatic carbocycles. The SMILES string of the molecule is CC(C)CCOC(=O)c1c(C(=O)O)c(C(=O)O)c(C(=O)O)n1C. The van der Waals surface area contributed by atoms with E-state index in [4.69, 9.17) is 14.9 Å². The monoisotopic (exact) mass is 327 g/mol. The number of hydrogen-bond acceptors (Lipinski definition) is 5. The standard InChI is InChI=1S/C14H17NO8/c1-6(2)4-5-23-14(22)10-8(12(18)19)7(11(16)17)9(13(20)21)15(10)3/h6H,4-5H2,1-3H3,(H,16,17)(H,18,19)(H,20,21). The first-order valence-electron chi connectivity index (χ1n) is 6.69. The zero-order chi connectivity index (χ0) is 17.9. The Kier molecular flexibility index (Phi) is 5.50. The first kappa shape index (κ1) is 18.2. The fraction of sp³-hybridized carbons (Fsp3) is 0.429. The van der Waals surface area contributed by atoms with Gasteiger partial charge in [0, 0.05) is 7.05 Å². The number of carboxylic acids is 3. The number of carbonyl (C=O) groups excluding carboxylic acids is 1. The van der Waals surface area contributed by atoms with Crippen molar-refractivity contribution in [1.82, 2.24) is 4.57 Å². The highest BCUT2D eigenvalue weighted by Crippen LogP contribution is 2.24. The molecule has 9 nitrogen and oxygen atoms in total. The van der Waals surface area contributed by atoms with Crippen molar-refractivity contribution < 1.29 is 39.2 Å². The lowest BCUT2D eigenvalue weighted by Gasteiger charge is -2.08. The van der Waals surface area contributed by atoms with Gasteiger partial charge in [-0.05, 0) is 12.3 Å². The predicted molar refractivity (Wildman–Crippen MR) is 76.0 cm³/mol. The van der Waals surface area contributed by atoms with Crippen LogP contribution in [0.2, 0.25) is 0 Å². The van der Waals surface area contributed by atoms with E-state index in [2.05, 4.69) is 0 Å². The van der Waals surface area contributed by atoms with Gasteiger partial charge in [0.15, 0.2) is 0 Å². The van der Waals surface area contributed by atoms with Crippen LogP contribution in [0.15, 0.2) is 0 Å². The fourth-order valence-electron chi connectivity index (χ4n) is 2.05. The Balaban J connectivity index is 3.44. The van der Waals surface area contributed by atoms with Gasteiger partial charge in [-0.25, -0.2) is 19.2 Å². The Morgan fingerprint density at radius 3 is 1.83 bits per heavy atom. The minimum absolute atomic E-state index is 0.00550. The first-order valence-corrected chi connectivity index (χ1v) is 6.69. The molecule has 0 atom stereocenters. The molecule has 0 spiro atoms. The molecule has 0 saturated carbocycles. The maximum absolute atomic E-state index is 12.1. The van der Waals surface area contributed by atoms with E-state index in [1.807, 2.05) is 13.8 Å². The molecule has 0 amide bonds. The van der Waals surface area contributed by atoms with Crippen LogP contribution in [-0.2, 0) is 11.8 Å². The average molecular weight is 327 g/mol. The summed E-state index contributed by atoms with van der Waals surface area (Å²) in [7, 11) is 1.10. The summed E-state index contributed by atoms with van der Waals surface area (Å²) in [5, 5.41) is 27.4. The quantitative estimate of drug-likeness (QED) is 0.636. The molecule has 0 aliphatic rings. The summed E-state index contributed by atoms with van der Waals surface area (Å²) in [6.45, 7) is 3.79. The molecule has 0 saturated heterocycles. The predicted octanol–water partition coefficient (Wildman–Crippen LogP) is 1.32. The second-order valence-electron chi connectivity index (χ2n) is 5.24. The molecular formula is C14H17NO8. The van der Waals surface area contributed by atoms with E-state index in [0.717, 1.165) is 7.05 Å². The highest BCUT2D eigenvalue weighted by Gasteiger charge is 2.36. The van der Waals surface area contributed by atoms with Crippen LogP contribution in [0.5, 0.6) is 0 Å². The minimum Gasteiger partial charge on any atom is -0.478 e. The van der Waals surface area contributed by atoms with E-state index in [9.17, 15) is 24.3 Å². The highest BCUT2D eigenvalue weighted by atomic mass is 16.5. The summed E-state index contributed by atoms with van der Waals surface area (Å²) in [5.41, 5.74) is -3.27. The number of ether oxygens (including phenoxy) is 1. The largest absolute Gasteiger partial charge is 0.478 e. The number of carboxylic acid groups (broad SMARTS) is 3. The van der Waals surface area contributed by atoms with Gasteiger partial charge in [-0.15, -0.1) is 0 Å². The van der Waals surface area contributed by atoms with Crippen molar-refractivity contribution in [2.24, 2.45) is 13.0 Å². The van der Waals surface area contributed by atoms with E-state index in [1.54, 1.807) is 0 Å². The van der Waals surface area contributed by atoms with Crippen molar-refractivity contribution >= 4 is 23.9 Å². The summed E-state index contributed by atoms with van der Waals surface area (Å²) in [6, 6.07) is 0. The second-order valence-corrected chi connectivity index (χ2v) is 5.24. The lowest BCUT2D eigenvalue weighted by atomic mass is 10.1. The maximum atomic E-state index is 12.1. The normalized spacial score (nSPS) is 10.6. The van der Waals surface area contributed by atoms with E-state index in [0.29, 0.717) is 11.0 Å². The molecule has 1 aromatic heterocycles. The van der Waals surface area contributed by atoms with Gasteiger partial charge in [-0.2, -0.15) is 0 Å². The molecule has 0 unspecified atom stereocenters. The molecule has 0 aromatic carbocycles. The molecule has 9 heteroatoms. The fourth-order valence-corrected chi connectivity index (χ4v) is 2.05. The third-order valence-electron chi connectivity index (χ3n) is 3.15. The van der Waals surface area contributed by atoms with Crippen LogP contribution in [-0.4, -0.2) is 50.4 Å². The highest BCUT2D eigenvalue weighted by molar-refractivity contribution is 6.14. The first-order chi connectivity index (χ1) is 10.6. The van der Waals surface area contributed by atoms with Crippen molar-refractivity contribution in [3.63, 3.8) is 0 Å². The molecule has 1 heterocycles. The van der Waals surface area contributed by atoms with Crippen molar-refractivity contribution in [2.45, 2.75) is 20.3 Å². The Morgan fingerprint density at radius 1 is 0.957 bits per heavy atom. The summed E-state index contributed by atoms with van der Waals surface area (Å²) >= 11 is 0. The lowest BCUT2D eigenvalue weighted by Crippen LogP contribution is -2.17. The molecule has 0 fully saturated rings. The molecule has 1 rings (SSSR count). The van der Waals surface area contributed by atoms with Gasteiger partial charge in [-0.1, -0.05) is 13.8 Å². The zero-order valence-corrected chi connectivity index (χ0v) is 12.8. The summed E-state index contributed by atoms with van der Waals surface area (Å²) in [5.74, 6) is -5.98. The van der Waals surface area contributed by atoms with Crippen LogP contribution < -0.4 is 0 Å². The third-order valence-corrected chi connectivity index (χ3v) is 3.15. The molecule has 126 valence electrons. The topological polar surface area (TPSA) is 143 Å². The molecule has 0 radical (unpaired) electrons. The molecular weight excluding hydrogens is 310 g/mol. The summed E-state index contributed by atoms with van der Waals surface area (Å²) < 4.78 is 5.64. The Hall–Kier alpha value is -2.84. The number of aromatic carboxylic acids is 3. The van der Waals surface area contributed by atoms with Gasteiger partial charge >= 0.3 is 23.9 Å². The van der Waals surface area contributed by atoms with E-state index in [-0.39, 0.29) is 12.5 Å². The Bertz CT molecular complexity index is 671. The smallest absolute Gasteiger partial charge is 0.355 e. The molecule has 0 aliphatic heterocycles. The second kappa shape index (κ2) is 6.95. The molecule has 3 N–H and O–H groups in total. The number of carbonyl (C=O) groups is 4. The average Bonchev–Trinajstić information content (AvgIpc) is 2.71. The van der Waals surface area contributed by atoms with Gasteiger partial charge in [0.2, 0.25) is 0 Å². The van der Waals surface area contributed by atoms with E-state index >= 15 is 0 Å². The number of aromatic nitrogens is 1. The summed E-state index contributed by atoms with van der Waals surface area (Å²) in [6.07, 6.45) is 0.524. The minimum atomic E-state index is -1.75. The molecule has 0 bridgehead atoms. The van der Waals surface area contributed by atoms with Gasteiger partial charge in [0.1, 0.15) is 22.5 Å². The Morgan fingerprint density at radius 2 is 1.43 bits per heavy atom. The van der Waals surface area contributed by atoms with E-state index in [1.165, 1.54) is 0 Å². The third kappa shape index (κ3) is 3.68. The van der Waals surface area contributed by atoms with Crippen molar-refractivity contribution in [2.75, 3.05) is 6.61 Å². The molecule has 1 aromatic rings. The zero-order valence-electron chi connectivity index (χ0n) is 12.8. The van der Waals surface area contributed by atoms with Crippen molar-refractivity contribution in [3.05, 3.63) is 22.5 Å². The van der Waals surface area contributed by atoms with Crippen LogP contribution in [0.25, 0.3) is 0 Å². The summed E-state index contributed by atoms with van der Waals surface area (Å²) in [4.78, 5) is 45.9. The van der Waals surface area contributed by atoms with Gasteiger partial charge < -0.3 is 24.6 Å². The number of hydrogen-bond donors (Lipinski definition) is 3. The van der Waals surface area contributed by atoms with Crippen LogP contribution >= 0.6 is 0 Å². The van der Waals surface area contributed by atoms with Gasteiger partial charge in [0.05, 0.1) is 6.61 Å². The van der Waals surface area contributed by atoms with Crippen LogP contribution in [0.1, 0.15) is 62.0 Å². The van der Waals surface area contributed by atoms with Crippen molar-refractivity contribution in [1.29, 1.82) is 0 Å². The maximum Gasteiger partial charge on any atom is 0.355 e. The number of rotatable bonds is 7.